The zero-order valence-corrected chi connectivity index (χ0v) is 7.76. The first kappa shape index (κ1) is 7.14. The lowest BCUT2D eigenvalue weighted by atomic mass is 10.00. The van der Waals surface area contributed by atoms with Gasteiger partial charge in [-0.1, -0.05) is 13.8 Å². The fraction of sp³-hybridized carbons (Fsp3) is 0.600. The predicted molar refractivity (Wildman–Crippen MR) is 47.0 cm³/mol. The molecule has 0 aliphatic heterocycles. The van der Waals surface area contributed by atoms with Crippen LogP contribution >= 0.6 is 0 Å². The van der Waals surface area contributed by atoms with Crippen LogP contribution in [0.5, 0.6) is 0 Å². The summed E-state index contributed by atoms with van der Waals surface area (Å²) in [5, 5.41) is 15.8. The summed E-state index contributed by atoms with van der Waals surface area (Å²) in [5.74, 6) is 1.39. The molecule has 66 valence electrons. The Bertz CT molecular complexity index is 426. The normalized spacial score (nSPS) is 39.5. The molecule has 2 aliphatic carbocycles. The zero-order chi connectivity index (χ0) is 9.22. The molecule has 1 fully saturated rings. The molecule has 1 saturated carbocycles. The molecular weight excluding hydrogens is 162 g/mol. The van der Waals surface area contributed by atoms with Gasteiger partial charge < -0.3 is 0 Å². The molecule has 0 aromatic carbocycles. The Morgan fingerprint density at radius 1 is 1.69 bits per heavy atom. The van der Waals surface area contributed by atoms with Crippen molar-refractivity contribution in [2.75, 3.05) is 0 Å². The fourth-order valence-electron chi connectivity index (χ4n) is 2.94. The van der Waals surface area contributed by atoms with E-state index in [0.717, 1.165) is 12.3 Å². The van der Waals surface area contributed by atoms with Crippen molar-refractivity contribution in [3.05, 3.63) is 17.0 Å². The second-order valence-electron chi connectivity index (χ2n) is 4.53. The maximum absolute atomic E-state index is 8.81. The van der Waals surface area contributed by atoms with Crippen LogP contribution in [0.1, 0.15) is 36.7 Å². The summed E-state index contributed by atoms with van der Waals surface area (Å²) in [6, 6.07) is 2.14. The lowest BCUT2D eigenvalue weighted by Crippen LogP contribution is -2.00. The number of aromatic amines is 1. The van der Waals surface area contributed by atoms with E-state index < -0.39 is 0 Å². The van der Waals surface area contributed by atoms with Gasteiger partial charge in [0.1, 0.15) is 6.07 Å². The van der Waals surface area contributed by atoms with Crippen molar-refractivity contribution >= 4 is 0 Å². The number of fused-ring (bicyclic) bond motifs is 3. The number of hydrogen-bond donors (Lipinski definition) is 1. The van der Waals surface area contributed by atoms with Crippen LogP contribution in [-0.2, 0) is 6.42 Å². The number of H-pyrrole nitrogens is 1. The summed E-state index contributed by atoms with van der Waals surface area (Å²) in [5.41, 5.74) is 3.44. The minimum Gasteiger partial charge on any atom is -0.281 e. The first-order valence-electron chi connectivity index (χ1n) is 4.65. The first-order chi connectivity index (χ1) is 6.18. The molecule has 1 aromatic rings. The molecule has 0 radical (unpaired) electrons. The predicted octanol–water partition coefficient (Wildman–Crippen LogP) is 1.58. The van der Waals surface area contributed by atoms with Crippen molar-refractivity contribution in [3.8, 4) is 6.07 Å². The lowest BCUT2D eigenvalue weighted by Gasteiger charge is -2.03. The molecule has 0 bridgehead atoms. The van der Waals surface area contributed by atoms with E-state index >= 15 is 0 Å². The molecule has 1 heterocycles. The second kappa shape index (κ2) is 1.79. The summed E-state index contributed by atoms with van der Waals surface area (Å²) in [4.78, 5) is 0. The van der Waals surface area contributed by atoms with Crippen LogP contribution in [-0.4, -0.2) is 10.2 Å². The maximum Gasteiger partial charge on any atom is 0.165 e. The molecule has 0 spiro atoms. The SMILES string of the molecule is C[C@H]1[C@H]2c3[nH]nc(C#N)c3C[C@]21C. The Morgan fingerprint density at radius 2 is 2.46 bits per heavy atom. The number of nitriles is 1. The van der Waals surface area contributed by atoms with E-state index in [-0.39, 0.29) is 0 Å². The van der Waals surface area contributed by atoms with Gasteiger partial charge in [-0.3, -0.25) is 5.10 Å². The van der Waals surface area contributed by atoms with Crippen LogP contribution in [0.3, 0.4) is 0 Å². The smallest absolute Gasteiger partial charge is 0.165 e. The van der Waals surface area contributed by atoms with Crippen LogP contribution in [0, 0.1) is 22.7 Å². The number of aromatic nitrogens is 2. The van der Waals surface area contributed by atoms with Crippen molar-refractivity contribution in [1.82, 2.24) is 10.2 Å². The maximum atomic E-state index is 8.81. The lowest BCUT2D eigenvalue weighted by molar-refractivity contribution is 0.525. The Kier molecular flexibility index (Phi) is 0.984. The van der Waals surface area contributed by atoms with Gasteiger partial charge in [0.05, 0.1) is 0 Å². The van der Waals surface area contributed by atoms with Crippen LogP contribution in [0.4, 0.5) is 0 Å². The molecule has 3 nitrogen and oxygen atoms in total. The largest absolute Gasteiger partial charge is 0.281 e. The summed E-state index contributed by atoms with van der Waals surface area (Å²) in [6.07, 6.45) is 1.04. The minimum absolute atomic E-state index is 0.426. The molecule has 13 heavy (non-hydrogen) atoms. The monoisotopic (exact) mass is 173 g/mol. The van der Waals surface area contributed by atoms with E-state index in [0.29, 0.717) is 17.0 Å². The van der Waals surface area contributed by atoms with Crippen LogP contribution in [0.2, 0.25) is 0 Å². The number of nitrogens with zero attached hydrogens (tertiary/aromatic N) is 2. The Morgan fingerprint density at radius 3 is 3.15 bits per heavy atom. The molecular formula is C10H11N3. The van der Waals surface area contributed by atoms with Gasteiger partial charge in [0.25, 0.3) is 0 Å². The zero-order valence-electron chi connectivity index (χ0n) is 7.76. The number of nitrogens with one attached hydrogen (secondary N) is 1. The van der Waals surface area contributed by atoms with Gasteiger partial charge in [0, 0.05) is 17.2 Å². The van der Waals surface area contributed by atoms with E-state index in [9.17, 15) is 0 Å². The summed E-state index contributed by atoms with van der Waals surface area (Å²) < 4.78 is 0. The van der Waals surface area contributed by atoms with Gasteiger partial charge in [-0.2, -0.15) is 10.4 Å². The third kappa shape index (κ3) is 0.601. The van der Waals surface area contributed by atoms with Gasteiger partial charge in [-0.15, -0.1) is 0 Å². The van der Waals surface area contributed by atoms with E-state index in [1.807, 2.05) is 0 Å². The molecule has 2 aliphatic rings. The summed E-state index contributed by atoms with van der Waals surface area (Å²) >= 11 is 0. The third-order valence-electron chi connectivity index (χ3n) is 4.02. The molecule has 3 rings (SSSR count). The van der Waals surface area contributed by atoms with Crippen molar-refractivity contribution in [1.29, 1.82) is 5.26 Å². The summed E-state index contributed by atoms with van der Waals surface area (Å²) in [6.45, 7) is 4.58. The Labute approximate surface area is 76.8 Å². The van der Waals surface area contributed by atoms with E-state index in [2.05, 4.69) is 30.1 Å². The van der Waals surface area contributed by atoms with Crippen molar-refractivity contribution in [3.63, 3.8) is 0 Å². The molecule has 0 unspecified atom stereocenters. The van der Waals surface area contributed by atoms with Gasteiger partial charge in [0.2, 0.25) is 0 Å². The van der Waals surface area contributed by atoms with E-state index in [1.165, 1.54) is 11.3 Å². The van der Waals surface area contributed by atoms with Gasteiger partial charge in [-0.25, -0.2) is 0 Å². The molecule has 0 saturated heterocycles. The van der Waals surface area contributed by atoms with Gasteiger partial charge in [-0.05, 0) is 17.8 Å². The summed E-state index contributed by atoms with van der Waals surface area (Å²) in [7, 11) is 0. The van der Waals surface area contributed by atoms with Gasteiger partial charge >= 0.3 is 0 Å². The molecule has 1 aromatic heterocycles. The molecule has 1 N–H and O–H groups in total. The highest BCUT2D eigenvalue weighted by Gasteiger charge is 2.64. The highest BCUT2D eigenvalue weighted by Crippen LogP contribution is 2.70. The van der Waals surface area contributed by atoms with Crippen LogP contribution in [0.25, 0.3) is 0 Å². The first-order valence-corrected chi connectivity index (χ1v) is 4.65. The number of hydrogen-bond acceptors (Lipinski definition) is 2. The average Bonchev–Trinajstić information content (AvgIpc) is 2.51. The third-order valence-corrected chi connectivity index (χ3v) is 4.02. The average molecular weight is 173 g/mol. The Balaban J connectivity index is 2.14. The van der Waals surface area contributed by atoms with Crippen molar-refractivity contribution < 1.29 is 0 Å². The fourth-order valence-corrected chi connectivity index (χ4v) is 2.94. The van der Waals surface area contributed by atoms with E-state index in [1.54, 1.807) is 0 Å². The Hall–Kier alpha value is -1.30. The number of rotatable bonds is 0. The highest BCUT2D eigenvalue weighted by atomic mass is 15.1. The quantitative estimate of drug-likeness (QED) is 0.647. The standard InChI is InChI=1S/C10H11N3/c1-5-8-9-6(3-10(5,8)2)7(4-11)12-13-9/h5,8H,3H2,1-2H3,(H,12,13)/t5-,8-,10-/m0/s1. The van der Waals surface area contributed by atoms with Crippen LogP contribution < -0.4 is 0 Å². The second-order valence-corrected chi connectivity index (χ2v) is 4.53. The van der Waals surface area contributed by atoms with Crippen LogP contribution in [0.15, 0.2) is 0 Å². The topological polar surface area (TPSA) is 52.5 Å². The van der Waals surface area contributed by atoms with Gasteiger partial charge in [0.15, 0.2) is 5.69 Å². The highest BCUT2D eigenvalue weighted by molar-refractivity contribution is 5.48. The molecule has 3 heteroatoms. The van der Waals surface area contributed by atoms with E-state index in [4.69, 9.17) is 5.26 Å². The van der Waals surface area contributed by atoms with Crippen molar-refractivity contribution in [2.24, 2.45) is 11.3 Å². The van der Waals surface area contributed by atoms with Crippen molar-refractivity contribution in [2.45, 2.75) is 26.2 Å². The minimum atomic E-state index is 0.426. The molecule has 0 amide bonds. The molecule has 3 atom stereocenters.